The lowest BCUT2D eigenvalue weighted by Crippen LogP contribution is -2.49. The van der Waals surface area contributed by atoms with Gasteiger partial charge in [-0.3, -0.25) is 0 Å². The molecule has 1 aromatic carbocycles. The van der Waals surface area contributed by atoms with Crippen molar-refractivity contribution in [1.29, 1.82) is 0 Å². The third-order valence-electron chi connectivity index (χ3n) is 4.77. The number of hydrogen-bond donors (Lipinski definition) is 1. The van der Waals surface area contributed by atoms with Crippen LogP contribution >= 0.6 is 11.3 Å². The molecule has 1 saturated heterocycles. The molecule has 1 unspecified atom stereocenters. The molecule has 4 rings (SSSR count). The molecule has 2 aromatic rings. The van der Waals surface area contributed by atoms with Gasteiger partial charge in [-0.2, -0.15) is 0 Å². The van der Waals surface area contributed by atoms with E-state index in [2.05, 4.69) is 16.8 Å². The molecule has 1 aromatic heterocycles. The Morgan fingerprint density at radius 2 is 2.17 bits per heavy atom. The molecule has 0 aliphatic carbocycles. The Bertz CT molecular complexity index is 700. The van der Waals surface area contributed by atoms with Gasteiger partial charge in [0.05, 0.1) is 5.54 Å². The van der Waals surface area contributed by atoms with Crippen LogP contribution in [0.15, 0.2) is 41.8 Å². The zero-order valence-corrected chi connectivity index (χ0v) is 13.8. The van der Waals surface area contributed by atoms with Gasteiger partial charge in [0.25, 0.3) is 0 Å². The minimum absolute atomic E-state index is 0.0620. The van der Waals surface area contributed by atoms with Crippen molar-refractivity contribution in [2.45, 2.75) is 25.0 Å². The molecule has 2 aliphatic rings. The second-order valence-corrected chi connectivity index (χ2v) is 7.16. The summed E-state index contributed by atoms with van der Waals surface area (Å²) in [6.45, 7) is 2.77. The van der Waals surface area contributed by atoms with Crippen molar-refractivity contribution >= 4 is 17.4 Å². The van der Waals surface area contributed by atoms with E-state index in [1.165, 1.54) is 10.4 Å². The van der Waals surface area contributed by atoms with E-state index in [4.69, 9.17) is 4.74 Å². The molecule has 1 N–H and O–H groups in total. The first-order valence-electron chi connectivity index (χ1n) is 8.04. The van der Waals surface area contributed by atoms with Crippen LogP contribution in [0.3, 0.4) is 0 Å². The zero-order valence-electron chi connectivity index (χ0n) is 13.0. The van der Waals surface area contributed by atoms with E-state index >= 15 is 0 Å². The molecule has 1 fully saturated rings. The number of rotatable bonds is 2. The topological polar surface area (TPSA) is 41.6 Å². The van der Waals surface area contributed by atoms with Gasteiger partial charge in [0.1, 0.15) is 6.61 Å². The summed E-state index contributed by atoms with van der Waals surface area (Å²) in [7, 11) is 0. The molecule has 5 heteroatoms. The predicted molar refractivity (Wildman–Crippen MR) is 90.5 cm³/mol. The smallest absolute Gasteiger partial charge is 0.410 e. The largest absolute Gasteiger partial charge is 0.445 e. The number of benzene rings is 1. The van der Waals surface area contributed by atoms with E-state index in [1.54, 1.807) is 11.3 Å². The van der Waals surface area contributed by atoms with Gasteiger partial charge < -0.3 is 15.0 Å². The van der Waals surface area contributed by atoms with Crippen LogP contribution in [0.5, 0.6) is 0 Å². The summed E-state index contributed by atoms with van der Waals surface area (Å²) >= 11 is 1.80. The van der Waals surface area contributed by atoms with E-state index in [0.717, 1.165) is 31.5 Å². The quantitative estimate of drug-likeness (QED) is 0.921. The van der Waals surface area contributed by atoms with E-state index in [1.807, 2.05) is 35.2 Å². The van der Waals surface area contributed by atoms with Crippen LogP contribution in [-0.2, 0) is 23.3 Å². The SMILES string of the molecule is O=C(OCc1ccccc1)N1CCC2(C1)NCCc1ccsc12. The van der Waals surface area contributed by atoms with E-state index in [-0.39, 0.29) is 11.6 Å². The minimum atomic E-state index is -0.212. The molecule has 23 heavy (non-hydrogen) atoms. The Balaban J connectivity index is 1.42. The number of likely N-dealkylation sites (tertiary alicyclic amines) is 1. The number of fused-ring (bicyclic) bond motifs is 2. The maximum atomic E-state index is 12.4. The van der Waals surface area contributed by atoms with Gasteiger partial charge in [-0.1, -0.05) is 30.3 Å². The second-order valence-electron chi connectivity index (χ2n) is 6.25. The fourth-order valence-corrected chi connectivity index (χ4v) is 4.73. The highest BCUT2D eigenvalue weighted by molar-refractivity contribution is 7.10. The summed E-state index contributed by atoms with van der Waals surface area (Å²) in [4.78, 5) is 15.6. The first kappa shape index (κ1) is 14.7. The number of ether oxygens (including phenoxy) is 1. The molecule has 1 atom stereocenters. The van der Waals surface area contributed by atoms with Gasteiger partial charge in [0.15, 0.2) is 0 Å². The number of carbonyl (C=O) groups excluding carboxylic acids is 1. The van der Waals surface area contributed by atoms with Crippen molar-refractivity contribution in [3.8, 4) is 0 Å². The predicted octanol–water partition coefficient (Wildman–Crippen LogP) is 3.13. The zero-order chi connectivity index (χ0) is 15.7. The Kier molecular flexibility index (Phi) is 3.83. The summed E-state index contributed by atoms with van der Waals surface area (Å²) in [6.07, 6.45) is 1.83. The van der Waals surface area contributed by atoms with Gasteiger partial charge in [0.2, 0.25) is 0 Å². The van der Waals surface area contributed by atoms with Crippen LogP contribution in [0.25, 0.3) is 0 Å². The number of hydrogen-bond acceptors (Lipinski definition) is 4. The first-order chi connectivity index (χ1) is 11.3. The maximum Gasteiger partial charge on any atom is 0.410 e. The van der Waals surface area contributed by atoms with Gasteiger partial charge in [-0.25, -0.2) is 4.79 Å². The number of amides is 1. The molecule has 4 nitrogen and oxygen atoms in total. The monoisotopic (exact) mass is 328 g/mol. The lowest BCUT2D eigenvalue weighted by atomic mass is 9.89. The summed E-state index contributed by atoms with van der Waals surface area (Å²) in [5.41, 5.74) is 2.40. The number of nitrogens with zero attached hydrogens (tertiary/aromatic N) is 1. The summed E-state index contributed by atoms with van der Waals surface area (Å²) in [5, 5.41) is 5.82. The second kappa shape index (κ2) is 5.98. The molecule has 0 saturated carbocycles. The highest BCUT2D eigenvalue weighted by atomic mass is 32.1. The Hall–Kier alpha value is -1.85. The summed E-state index contributed by atoms with van der Waals surface area (Å²) in [5.74, 6) is 0. The average Bonchev–Trinajstić information content (AvgIpc) is 3.22. The number of thiophene rings is 1. The standard InChI is InChI=1S/C18H20N2O2S/c21-17(22-12-14-4-2-1-3-5-14)20-10-8-18(13-20)16-15(6-9-19-18)7-11-23-16/h1-5,7,11,19H,6,8-10,12-13H2. The van der Waals surface area contributed by atoms with Crippen molar-refractivity contribution in [3.05, 3.63) is 57.8 Å². The van der Waals surface area contributed by atoms with E-state index < -0.39 is 0 Å². The van der Waals surface area contributed by atoms with Crippen molar-refractivity contribution in [1.82, 2.24) is 10.2 Å². The molecular weight excluding hydrogens is 308 g/mol. The van der Waals surface area contributed by atoms with Gasteiger partial charge in [0, 0.05) is 24.5 Å². The molecule has 3 heterocycles. The van der Waals surface area contributed by atoms with Crippen LogP contribution in [-0.4, -0.2) is 30.6 Å². The lowest BCUT2D eigenvalue weighted by Gasteiger charge is -2.34. The van der Waals surface area contributed by atoms with Gasteiger partial charge in [-0.05, 0) is 35.4 Å². The van der Waals surface area contributed by atoms with E-state index in [9.17, 15) is 4.79 Å². The van der Waals surface area contributed by atoms with Crippen molar-refractivity contribution in [2.75, 3.05) is 19.6 Å². The third-order valence-corrected chi connectivity index (χ3v) is 5.93. The minimum Gasteiger partial charge on any atom is -0.445 e. The van der Waals surface area contributed by atoms with E-state index in [0.29, 0.717) is 13.2 Å². The molecule has 0 bridgehead atoms. The fourth-order valence-electron chi connectivity index (χ4n) is 3.58. The van der Waals surface area contributed by atoms with Gasteiger partial charge >= 0.3 is 6.09 Å². The van der Waals surface area contributed by atoms with Crippen LogP contribution in [0.1, 0.15) is 22.4 Å². The highest BCUT2D eigenvalue weighted by Gasteiger charge is 2.45. The van der Waals surface area contributed by atoms with Gasteiger partial charge in [-0.15, -0.1) is 11.3 Å². The van der Waals surface area contributed by atoms with Crippen molar-refractivity contribution in [2.24, 2.45) is 0 Å². The first-order valence-corrected chi connectivity index (χ1v) is 8.92. The maximum absolute atomic E-state index is 12.4. The van der Waals surface area contributed by atoms with Crippen LogP contribution in [0.2, 0.25) is 0 Å². The molecule has 0 radical (unpaired) electrons. The molecular formula is C18H20N2O2S. The Morgan fingerprint density at radius 1 is 1.30 bits per heavy atom. The van der Waals surface area contributed by atoms with Crippen LogP contribution in [0, 0.1) is 0 Å². The third kappa shape index (κ3) is 2.75. The highest BCUT2D eigenvalue weighted by Crippen LogP contribution is 2.40. The number of nitrogens with one attached hydrogen (secondary N) is 1. The van der Waals surface area contributed by atoms with Crippen LogP contribution < -0.4 is 5.32 Å². The fraction of sp³-hybridized carbons (Fsp3) is 0.389. The molecule has 1 spiro atoms. The Labute approximate surface area is 140 Å². The molecule has 120 valence electrons. The van der Waals surface area contributed by atoms with Crippen molar-refractivity contribution in [3.63, 3.8) is 0 Å². The average molecular weight is 328 g/mol. The van der Waals surface area contributed by atoms with Crippen molar-refractivity contribution < 1.29 is 9.53 Å². The molecule has 2 aliphatic heterocycles. The normalized spacial score (nSPS) is 23.0. The summed E-state index contributed by atoms with van der Waals surface area (Å²) in [6, 6.07) is 12.0. The summed E-state index contributed by atoms with van der Waals surface area (Å²) < 4.78 is 5.48. The molecule has 1 amide bonds. The lowest BCUT2D eigenvalue weighted by molar-refractivity contribution is 0.101. The number of carbonyl (C=O) groups is 1. The van der Waals surface area contributed by atoms with Crippen LogP contribution in [0.4, 0.5) is 4.79 Å². The Morgan fingerprint density at radius 3 is 3.04 bits per heavy atom.